The number of hydrogen-bond acceptors (Lipinski definition) is 4. The number of rotatable bonds is 7. The SMILES string of the molecule is C[Si-](C)(C)CCOCn1cnc(-c2ccc3ncc(Br)cc3n2)c1-c1cc(Cl)ccc1F. The summed E-state index contributed by atoms with van der Waals surface area (Å²) in [5.41, 5.74) is 3.59. The van der Waals surface area contributed by atoms with Crippen LogP contribution in [0, 0.1) is 5.82 Å². The maximum absolute atomic E-state index is 14.9. The molecule has 4 rings (SSSR count). The topological polar surface area (TPSA) is 52.8 Å². The van der Waals surface area contributed by atoms with Crippen molar-refractivity contribution in [3.8, 4) is 22.6 Å². The lowest BCUT2D eigenvalue weighted by Crippen LogP contribution is -2.22. The molecule has 0 radical (unpaired) electrons. The molecule has 9 heteroatoms. The second-order valence-electron chi connectivity index (χ2n) is 8.77. The minimum absolute atomic E-state index is 0.263. The number of benzene rings is 1. The highest BCUT2D eigenvalue weighted by Gasteiger charge is 2.20. The van der Waals surface area contributed by atoms with Crippen molar-refractivity contribution >= 4 is 46.6 Å². The molecule has 0 bridgehead atoms. The predicted molar refractivity (Wildman–Crippen MR) is 133 cm³/mol. The van der Waals surface area contributed by atoms with Gasteiger partial charge in [-0.25, -0.2) is 14.4 Å². The van der Waals surface area contributed by atoms with Crippen LogP contribution in [0.1, 0.15) is 0 Å². The zero-order valence-corrected chi connectivity index (χ0v) is 21.4. The molecule has 4 aromatic rings. The lowest BCUT2D eigenvalue weighted by molar-refractivity contribution is 0.0882. The molecule has 3 heterocycles. The Kier molecular flexibility index (Phi) is 6.76. The first-order valence-electron chi connectivity index (χ1n) is 10.2. The van der Waals surface area contributed by atoms with E-state index in [-0.39, 0.29) is 12.5 Å². The quantitative estimate of drug-likeness (QED) is 0.189. The molecule has 0 N–H and O–H groups in total. The number of nitrogens with zero attached hydrogens (tertiary/aromatic N) is 4. The van der Waals surface area contributed by atoms with Crippen molar-refractivity contribution in [2.45, 2.75) is 32.4 Å². The second kappa shape index (κ2) is 9.39. The van der Waals surface area contributed by atoms with Crippen LogP contribution >= 0.6 is 27.5 Å². The highest BCUT2D eigenvalue weighted by atomic mass is 79.9. The summed E-state index contributed by atoms with van der Waals surface area (Å²) in [7, 11) is -1.21. The van der Waals surface area contributed by atoms with Crippen LogP contribution in [0.4, 0.5) is 4.39 Å². The Labute approximate surface area is 200 Å². The average Bonchev–Trinajstić information content (AvgIpc) is 3.15. The Hall–Kier alpha value is -2.13. The summed E-state index contributed by atoms with van der Waals surface area (Å²) in [6, 6.07) is 11.2. The van der Waals surface area contributed by atoms with E-state index in [2.05, 4.69) is 45.5 Å². The number of aromatic nitrogens is 4. The van der Waals surface area contributed by atoms with E-state index in [4.69, 9.17) is 21.3 Å². The first-order valence-corrected chi connectivity index (χ1v) is 15.1. The van der Waals surface area contributed by atoms with Gasteiger partial charge in [-0.2, -0.15) is 19.6 Å². The van der Waals surface area contributed by atoms with Gasteiger partial charge in [-0.05, 0) is 52.3 Å². The molecule has 3 aromatic heterocycles. The average molecular weight is 534 g/mol. The van der Waals surface area contributed by atoms with Crippen LogP contribution < -0.4 is 0 Å². The van der Waals surface area contributed by atoms with Crippen molar-refractivity contribution in [2.24, 2.45) is 0 Å². The summed E-state index contributed by atoms with van der Waals surface area (Å²) < 4.78 is 23.5. The maximum Gasteiger partial charge on any atom is 0.132 e. The molecule has 0 unspecified atom stereocenters. The van der Waals surface area contributed by atoms with Gasteiger partial charge in [0, 0.05) is 27.9 Å². The van der Waals surface area contributed by atoms with Crippen LogP contribution in [-0.4, -0.2) is 34.2 Å². The molecule has 32 heavy (non-hydrogen) atoms. The van der Waals surface area contributed by atoms with Crippen LogP contribution in [-0.2, 0) is 11.5 Å². The van der Waals surface area contributed by atoms with E-state index in [1.54, 1.807) is 23.2 Å². The maximum atomic E-state index is 14.9. The van der Waals surface area contributed by atoms with Crippen molar-refractivity contribution in [1.29, 1.82) is 0 Å². The summed E-state index contributed by atoms with van der Waals surface area (Å²) >= 11 is 9.64. The third-order valence-electron chi connectivity index (χ3n) is 4.99. The summed E-state index contributed by atoms with van der Waals surface area (Å²) in [5, 5.41) is 0.444. The van der Waals surface area contributed by atoms with E-state index in [0.29, 0.717) is 34.3 Å². The number of pyridine rings is 2. The Morgan fingerprint density at radius 1 is 1.09 bits per heavy atom. The van der Waals surface area contributed by atoms with Crippen molar-refractivity contribution in [3.05, 3.63) is 64.2 Å². The van der Waals surface area contributed by atoms with E-state index in [9.17, 15) is 4.39 Å². The van der Waals surface area contributed by atoms with E-state index in [1.165, 1.54) is 12.1 Å². The molecular formula is C23H23BrClFN4OSi-. The number of halogens is 3. The van der Waals surface area contributed by atoms with Crippen molar-refractivity contribution < 1.29 is 9.13 Å². The lowest BCUT2D eigenvalue weighted by atomic mass is 10.1. The van der Waals surface area contributed by atoms with Gasteiger partial charge < -0.3 is 9.30 Å². The summed E-state index contributed by atoms with van der Waals surface area (Å²) in [4.78, 5) is 13.7. The molecule has 0 saturated carbocycles. The van der Waals surface area contributed by atoms with Gasteiger partial charge in [-0.1, -0.05) is 11.6 Å². The summed E-state index contributed by atoms with van der Waals surface area (Å²) in [6.07, 6.45) is 3.38. The summed E-state index contributed by atoms with van der Waals surface area (Å²) in [5.74, 6) is -0.385. The molecule has 1 aromatic carbocycles. The van der Waals surface area contributed by atoms with Crippen LogP contribution in [0.3, 0.4) is 0 Å². The molecule has 0 amide bonds. The minimum Gasteiger partial charge on any atom is -0.364 e. The van der Waals surface area contributed by atoms with Gasteiger partial charge >= 0.3 is 0 Å². The molecule has 0 fully saturated rings. The third-order valence-corrected chi connectivity index (χ3v) is 7.37. The monoisotopic (exact) mass is 532 g/mol. The second-order valence-corrected chi connectivity index (χ2v) is 15.7. The van der Waals surface area contributed by atoms with Gasteiger partial charge in [0.1, 0.15) is 18.2 Å². The van der Waals surface area contributed by atoms with Gasteiger partial charge in [-0.15, -0.1) is 14.1 Å². The van der Waals surface area contributed by atoms with Gasteiger partial charge in [0.2, 0.25) is 0 Å². The van der Waals surface area contributed by atoms with Gasteiger partial charge in [-0.3, -0.25) is 4.98 Å². The molecular weight excluding hydrogens is 511 g/mol. The molecule has 0 saturated heterocycles. The fourth-order valence-electron chi connectivity index (χ4n) is 3.28. The highest BCUT2D eigenvalue weighted by Crippen LogP contribution is 2.34. The molecule has 167 valence electrons. The largest absolute Gasteiger partial charge is 0.364 e. The Bertz CT molecular complexity index is 1270. The summed E-state index contributed by atoms with van der Waals surface area (Å²) in [6.45, 7) is 7.82. The number of hydrogen-bond donors (Lipinski definition) is 0. The first-order chi connectivity index (χ1) is 15.2. The molecule has 0 aliphatic rings. The van der Waals surface area contributed by atoms with Gasteiger partial charge in [0.05, 0.1) is 28.7 Å². The van der Waals surface area contributed by atoms with Crippen LogP contribution in [0.15, 0.2) is 53.4 Å². The molecule has 5 nitrogen and oxygen atoms in total. The number of ether oxygens (including phenoxy) is 1. The first kappa shape index (κ1) is 23.0. The number of imidazole rings is 1. The Balaban J connectivity index is 1.77. The fraction of sp³-hybridized carbons (Fsp3) is 0.261. The predicted octanol–water partition coefficient (Wildman–Crippen LogP) is 7.03. The zero-order chi connectivity index (χ0) is 22.9. The molecule has 0 atom stereocenters. The van der Waals surface area contributed by atoms with E-state index >= 15 is 0 Å². The van der Waals surface area contributed by atoms with Crippen LogP contribution in [0.5, 0.6) is 0 Å². The standard InChI is InChI=1S/C23H23BrClFN4OSi/c1-32(2,3)9-8-31-14-30-13-28-22(23(30)17-11-16(25)4-5-18(17)26)20-7-6-19-21(29-20)10-15(24)12-27-19/h4-7,10-13H,8-9,14H2,1-3H3/q-1. The highest BCUT2D eigenvalue weighted by molar-refractivity contribution is 9.10. The van der Waals surface area contributed by atoms with E-state index in [1.807, 2.05) is 18.2 Å². The minimum atomic E-state index is -1.21. The Morgan fingerprint density at radius 3 is 2.69 bits per heavy atom. The van der Waals surface area contributed by atoms with Crippen molar-refractivity contribution in [3.63, 3.8) is 0 Å². The molecule has 0 spiro atoms. The molecule has 0 aliphatic carbocycles. The van der Waals surface area contributed by atoms with Crippen molar-refractivity contribution in [1.82, 2.24) is 19.5 Å². The molecule has 0 aliphatic heterocycles. The van der Waals surface area contributed by atoms with Crippen LogP contribution in [0.25, 0.3) is 33.7 Å². The van der Waals surface area contributed by atoms with Crippen molar-refractivity contribution in [2.75, 3.05) is 6.61 Å². The Morgan fingerprint density at radius 2 is 1.91 bits per heavy atom. The van der Waals surface area contributed by atoms with Gasteiger partial charge in [0.25, 0.3) is 0 Å². The van der Waals surface area contributed by atoms with Crippen LogP contribution in [0.2, 0.25) is 30.7 Å². The van der Waals surface area contributed by atoms with E-state index in [0.717, 1.165) is 21.6 Å². The van der Waals surface area contributed by atoms with Gasteiger partial charge in [0.15, 0.2) is 0 Å². The zero-order valence-electron chi connectivity index (χ0n) is 18.1. The number of fused-ring (bicyclic) bond motifs is 1. The smallest absolute Gasteiger partial charge is 0.132 e. The lowest BCUT2D eigenvalue weighted by Gasteiger charge is -2.26. The van der Waals surface area contributed by atoms with E-state index < -0.39 is 8.07 Å². The normalized spacial score (nSPS) is 11.9. The third kappa shape index (κ3) is 5.26. The fourth-order valence-corrected chi connectivity index (χ4v) is 4.53.